The Hall–Kier alpha value is -2.36. The number of likely N-dealkylation sites (N-methyl/N-ethyl adjacent to an activating group) is 1. The van der Waals surface area contributed by atoms with Crippen molar-refractivity contribution in [2.24, 2.45) is 0 Å². The minimum Gasteiger partial charge on any atom is -0.479 e. The van der Waals surface area contributed by atoms with Gasteiger partial charge in [-0.2, -0.15) is 0 Å². The molecule has 0 saturated carbocycles. The van der Waals surface area contributed by atoms with Crippen LogP contribution < -0.4 is 4.90 Å². The third kappa shape index (κ3) is 4.82. The van der Waals surface area contributed by atoms with Gasteiger partial charge in [0.1, 0.15) is 5.83 Å². The smallest absolute Gasteiger partial charge is 0.331 e. The highest BCUT2D eigenvalue weighted by Crippen LogP contribution is 2.27. The molecule has 0 aliphatic carbocycles. The minimum absolute atomic E-state index is 0.0184. The summed E-state index contributed by atoms with van der Waals surface area (Å²) in [6, 6.07) is 6.70. The summed E-state index contributed by atoms with van der Waals surface area (Å²) < 4.78 is 13.6. The fourth-order valence-electron chi connectivity index (χ4n) is 2.37. The molecule has 0 saturated heterocycles. The van der Waals surface area contributed by atoms with Gasteiger partial charge >= 0.3 is 5.97 Å². The molecular weight excluding hydrogens is 305 g/mol. The third-order valence-electron chi connectivity index (χ3n) is 3.89. The Balaban J connectivity index is 3.24. The quantitative estimate of drug-likeness (QED) is 0.757. The maximum absolute atomic E-state index is 13.6. The van der Waals surface area contributed by atoms with E-state index in [0.717, 1.165) is 11.3 Å². The zero-order chi connectivity index (χ0) is 18.5. The van der Waals surface area contributed by atoms with Crippen molar-refractivity contribution in [3.05, 3.63) is 66.0 Å². The fourth-order valence-corrected chi connectivity index (χ4v) is 2.37. The summed E-state index contributed by atoms with van der Waals surface area (Å²) in [6.07, 6.45) is 3.86. The predicted molar refractivity (Wildman–Crippen MR) is 98.1 cm³/mol. The molecule has 1 aromatic rings. The van der Waals surface area contributed by atoms with Crippen molar-refractivity contribution in [1.82, 2.24) is 0 Å². The number of rotatable bonds is 6. The van der Waals surface area contributed by atoms with Crippen LogP contribution in [-0.4, -0.2) is 24.2 Å². The van der Waals surface area contributed by atoms with E-state index >= 15 is 0 Å². The monoisotopic (exact) mass is 331 g/mol. The lowest BCUT2D eigenvalue weighted by atomic mass is 9.87. The molecule has 1 aromatic carbocycles. The zero-order valence-electron chi connectivity index (χ0n) is 15.0. The van der Waals surface area contributed by atoms with Gasteiger partial charge in [-0.25, -0.2) is 9.18 Å². The summed E-state index contributed by atoms with van der Waals surface area (Å²) in [5.74, 6) is -1.56. The number of carbonyl (C=O) groups is 1. The van der Waals surface area contributed by atoms with Crippen molar-refractivity contribution in [2.45, 2.75) is 39.2 Å². The van der Waals surface area contributed by atoms with Crippen LogP contribution in [0, 0.1) is 0 Å². The highest BCUT2D eigenvalue weighted by molar-refractivity contribution is 5.83. The Bertz CT molecular complexity index is 651. The standard InChI is InChI=1S/C20H26FNO2/c1-7-14(13-16(21)8-2)18(19(23)24)22(6)17-11-9-15(10-12-17)20(3,4)5/h7-13,18H,1H2,2-6H3,(H,23,24)/b14-13+,16-8+. The number of hydrogen-bond donors (Lipinski definition) is 1. The van der Waals surface area contributed by atoms with Crippen molar-refractivity contribution in [2.75, 3.05) is 11.9 Å². The van der Waals surface area contributed by atoms with Crippen LogP contribution in [0.2, 0.25) is 0 Å². The van der Waals surface area contributed by atoms with Crippen molar-refractivity contribution in [3.8, 4) is 0 Å². The van der Waals surface area contributed by atoms with Crippen LogP contribution in [0.5, 0.6) is 0 Å². The molecule has 1 N–H and O–H groups in total. The molecule has 1 unspecified atom stereocenters. The van der Waals surface area contributed by atoms with E-state index in [9.17, 15) is 14.3 Å². The number of hydrogen-bond acceptors (Lipinski definition) is 2. The minimum atomic E-state index is -1.06. The topological polar surface area (TPSA) is 40.5 Å². The number of halogens is 1. The fraction of sp³-hybridized carbons (Fsp3) is 0.350. The second kappa shape index (κ2) is 7.95. The first-order valence-electron chi connectivity index (χ1n) is 7.83. The maximum Gasteiger partial charge on any atom is 0.331 e. The number of benzene rings is 1. The third-order valence-corrected chi connectivity index (χ3v) is 3.89. The van der Waals surface area contributed by atoms with Crippen molar-refractivity contribution in [1.29, 1.82) is 0 Å². The molecule has 24 heavy (non-hydrogen) atoms. The molecule has 0 fully saturated rings. The van der Waals surface area contributed by atoms with Gasteiger partial charge in [0.2, 0.25) is 0 Å². The Morgan fingerprint density at radius 3 is 2.21 bits per heavy atom. The maximum atomic E-state index is 13.6. The van der Waals surface area contributed by atoms with E-state index in [1.165, 1.54) is 18.2 Å². The molecule has 0 heterocycles. The Morgan fingerprint density at radius 1 is 1.29 bits per heavy atom. The van der Waals surface area contributed by atoms with Gasteiger partial charge in [0.25, 0.3) is 0 Å². The average Bonchev–Trinajstić information content (AvgIpc) is 2.52. The van der Waals surface area contributed by atoms with E-state index < -0.39 is 17.8 Å². The molecule has 0 amide bonds. The molecule has 4 heteroatoms. The second-order valence-electron chi connectivity index (χ2n) is 6.67. The van der Waals surface area contributed by atoms with Gasteiger partial charge in [-0.1, -0.05) is 51.6 Å². The first-order valence-corrected chi connectivity index (χ1v) is 7.83. The molecule has 0 bridgehead atoms. The highest BCUT2D eigenvalue weighted by Gasteiger charge is 2.26. The number of anilines is 1. The van der Waals surface area contributed by atoms with Crippen LogP contribution in [0.4, 0.5) is 10.1 Å². The van der Waals surface area contributed by atoms with Crippen molar-refractivity contribution >= 4 is 11.7 Å². The molecule has 0 aliphatic rings. The molecule has 1 atom stereocenters. The van der Waals surface area contributed by atoms with E-state index in [1.807, 2.05) is 24.3 Å². The number of aliphatic carboxylic acids is 1. The second-order valence-corrected chi connectivity index (χ2v) is 6.67. The van der Waals surface area contributed by atoms with Gasteiger partial charge in [-0.15, -0.1) is 0 Å². The zero-order valence-corrected chi connectivity index (χ0v) is 15.0. The van der Waals surface area contributed by atoms with E-state index in [2.05, 4.69) is 27.4 Å². The number of carboxylic acid groups (broad SMARTS) is 1. The summed E-state index contributed by atoms with van der Waals surface area (Å²) >= 11 is 0. The van der Waals surface area contributed by atoms with E-state index in [4.69, 9.17) is 0 Å². The van der Waals surface area contributed by atoms with Crippen LogP contribution in [0.25, 0.3) is 0 Å². The predicted octanol–water partition coefficient (Wildman–Crippen LogP) is 4.86. The van der Waals surface area contributed by atoms with Gasteiger partial charge in [-0.05, 0) is 41.7 Å². The summed E-state index contributed by atoms with van der Waals surface area (Å²) in [6.45, 7) is 11.5. The Kier molecular flexibility index (Phi) is 6.52. The van der Waals surface area contributed by atoms with Crippen LogP contribution in [0.3, 0.4) is 0 Å². The number of carboxylic acids is 1. The highest BCUT2D eigenvalue weighted by atomic mass is 19.1. The van der Waals surface area contributed by atoms with Crippen LogP contribution in [0.15, 0.2) is 60.5 Å². The molecule has 0 aliphatic heterocycles. The molecule has 0 aromatic heterocycles. The van der Waals surface area contributed by atoms with Gasteiger partial charge < -0.3 is 10.0 Å². The molecule has 1 rings (SSSR count). The van der Waals surface area contributed by atoms with Crippen molar-refractivity contribution < 1.29 is 14.3 Å². The van der Waals surface area contributed by atoms with E-state index in [1.54, 1.807) is 18.9 Å². The van der Waals surface area contributed by atoms with E-state index in [0.29, 0.717) is 5.57 Å². The Labute approximate surface area is 143 Å². The summed E-state index contributed by atoms with van der Waals surface area (Å²) in [7, 11) is 1.68. The molecule has 0 radical (unpaired) electrons. The van der Waals surface area contributed by atoms with Gasteiger partial charge in [0, 0.05) is 12.7 Å². The van der Waals surface area contributed by atoms with E-state index in [-0.39, 0.29) is 5.41 Å². The van der Waals surface area contributed by atoms with Crippen molar-refractivity contribution in [3.63, 3.8) is 0 Å². The van der Waals surface area contributed by atoms with Gasteiger partial charge in [0.05, 0.1) is 0 Å². The number of nitrogens with zero attached hydrogens (tertiary/aromatic N) is 1. The average molecular weight is 331 g/mol. The largest absolute Gasteiger partial charge is 0.479 e. The lowest BCUT2D eigenvalue weighted by Gasteiger charge is -2.28. The molecule has 0 spiro atoms. The molecule has 3 nitrogen and oxygen atoms in total. The summed E-state index contributed by atoms with van der Waals surface area (Å²) in [5, 5.41) is 9.60. The SMILES string of the molecule is C=C/C(=C\C(F)=C/C)C(C(=O)O)N(C)c1ccc(C(C)(C)C)cc1. The molecule has 130 valence electrons. The lowest BCUT2D eigenvalue weighted by Crippen LogP contribution is -2.39. The first kappa shape index (κ1) is 19.7. The molecular formula is C20H26FNO2. The Morgan fingerprint density at radius 2 is 1.83 bits per heavy atom. The summed E-state index contributed by atoms with van der Waals surface area (Å²) in [4.78, 5) is 13.3. The van der Waals surface area contributed by atoms with Gasteiger partial charge in [0.15, 0.2) is 6.04 Å². The van der Waals surface area contributed by atoms with Crippen LogP contribution >= 0.6 is 0 Å². The van der Waals surface area contributed by atoms with Gasteiger partial charge in [-0.3, -0.25) is 0 Å². The first-order chi connectivity index (χ1) is 11.1. The number of allylic oxidation sites excluding steroid dienone is 3. The normalized spacial score (nSPS) is 14.2. The lowest BCUT2D eigenvalue weighted by molar-refractivity contribution is -0.137. The van der Waals surface area contributed by atoms with Crippen LogP contribution in [0.1, 0.15) is 33.3 Å². The van der Waals surface area contributed by atoms with Crippen LogP contribution in [-0.2, 0) is 10.2 Å². The summed E-state index contributed by atoms with van der Waals surface area (Å²) in [5.41, 5.74) is 2.21.